The van der Waals surface area contributed by atoms with Gasteiger partial charge in [-0.05, 0) is 49.6 Å². The third-order valence-corrected chi connectivity index (χ3v) is 4.61. The van der Waals surface area contributed by atoms with Gasteiger partial charge >= 0.3 is 0 Å². The lowest BCUT2D eigenvalue weighted by Gasteiger charge is -2.08. The van der Waals surface area contributed by atoms with Crippen molar-refractivity contribution in [1.82, 2.24) is 9.78 Å². The van der Waals surface area contributed by atoms with Crippen LogP contribution >= 0.6 is 27.5 Å². The first-order valence-electron chi connectivity index (χ1n) is 6.67. The summed E-state index contributed by atoms with van der Waals surface area (Å²) in [7, 11) is 0. The minimum atomic E-state index is 0.592. The number of hydrogen-bond donors (Lipinski definition) is 0. The molecule has 1 aliphatic carbocycles. The molecule has 1 saturated carbocycles. The normalized spacial score (nSPS) is 16.2. The van der Waals surface area contributed by atoms with Crippen LogP contribution in [0.1, 0.15) is 42.9 Å². The van der Waals surface area contributed by atoms with E-state index < -0.39 is 0 Å². The zero-order valence-corrected chi connectivity index (χ0v) is 13.2. The molecular weight excluding hydrogens is 324 g/mol. The Balaban J connectivity index is 2.00. The summed E-state index contributed by atoms with van der Waals surface area (Å²) in [5, 5.41) is 5.42. The molecule has 0 unspecified atom stereocenters. The molecule has 0 aliphatic heterocycles. The van der Waals surface area contributed by atoms with E-state index in [-0.39, 0.29) is 0 Å². The minimum absolute atomic E-state index is 0.592. The maximum Gasteiger partial charge on any atom is 0.133 e. The number of aryl methyl sites for hydroxylation is 1. The summed E-state index contributed by atoms with van der Waals surface area (Å²) in [6.45, 7) is 2.08. The van der Waals surface area contributed by atoms with Gasteiger partial charge < -0.3 is 0 Å². The Hall–Kier alpha value is -0.800. The Morgan fingerprint density at radius 2 is 2.00 bits per heavy atom. The zero-order valence-electron chi connectivity index (χ0n) is 10.9. The number of benzene rings is 1. The van der Waals surface area contributed by atoms with Gasteiger partial charge in [-0.25, -0.2) is 4.68 Å². The van der Waals surface area contributed by atoms with E-state index in [4.69, 9.17) is 16.7 Å². The molecule has 0 atom stereocenters. The second-order valence-electron chi connectivity index (χ2n) is 5.22. The maximum absolute atomic E-state index is 6.36. The molecule has 2 aromatic rings. The predicted molar refractivity (Wildman–Crippen MR) is 82.2 cm³/mol. The fourth-order valence-corrected chi connectivity index (χ4v) is 3.54. The van der Waals surface area contributed by atoms with Gasteiger partial charge in [0.25, 0.3) is 0 Å². The van der Waals surface area contributed by atoms with E-state index in [1.165, 1.54) is 25.7 Å². The van der Waals surface area contributed by atoms with E-state index in [2.05, 4.69) is 35.0 Å². The maximum atomic E-state index is 6.36. The standard InChI is InChI=1S/C15H16BrClN2/c1-10-8-12(16)6-7-14(10)19-15(17)9-13(18-19)11-4-2-3-5-11/h6-9,11H,2-5H2,1H3. The van der Waals surface area contributed by atoms with Crippen LogP contribution in [0.2, 0.25) is 5.15 Å². The lowest BCUT2D eigenvalue weighted by atomic mass is 10.1. The van der Waals surface area contributed by atoms with Crippen LogP contribution in [0.4, 0.5) is 0 Å². The monoisotopic (exact) mass is 338 g/mol. The topological polar surface area (TPSA) is 17.8 Å². The largest absolute Gasteiger partial charge is 0.222 e. The van der Waals surface area contributed by atoms with Crippen molar-refractivity contribution in [1.29, 1.82) is 0 Å². The average Bonchev–Trinajstić information content (AvgIpc) is 2.98. The van der Waals surface area contributed by atoms with Crippen molar-refractivity contribution < 1.29 is 0 Å². The van der Waals surface area contributed by atoms with Crippen LogP contribution in [0, 0.1) is 6.92 Å². The molecule has 4 heteroatoms. The third kappa shape index (κ3) is 2.59. The number of rotatable bonds is 2. The molecule has 3 rings (SSSR count). The van der Waals surface area contributed by atoms with E-state index in [0.717, 1.165) is 21.4 Å². The van der Waals surface area contributed by atoms with Gasteiger partial charge in [-0.15, -0.1) is 0 Å². The van der Waals surface area contributed by atoms with Crippen molar-refractivity contribution in [2.24, 2.45) is 0 Å². The summed E-state index contributed by atoms with van der Waals surface area (Å²) >= 11 is 9.84. The molecule has 0 spiro atoms. The Kier molecular flexibility index (Phi) is 3.68. The minimum Gasteiger partial charge on any atom is -0.222 e. The van der Waals surface area contributed by atoms with Gasteiger partial charge in [0, 0.05) is 10.4 Å². The summed E-state index contributed by atoms with van der Waals surface area (Å²) in [4.78, 5) is 0. The number of hydrogen-bond acceptors (Lipinski definition) is 1. The number of halogens is 2. The first-order valence-corrected chi connectivity index (χ1v) is 7.84. The molecule has 0 amide bonds. The van der Waals surface area contributed by atoms with Crippen molar-refractivity contribution in [3.8, 4) is 5.69 Å². The Morgan fingerprint density at radius 3 is 2.68 bits per heavy atom. The van der Waals surface area contributed by atoms with E-state index in [1.807, 2.05) is 16.8 Å². The molecule has 0 radical (unpaired) electrons. The highest BCUT2D eigenvalue weighted by Crippen LogP contribution is 2.35. The molecular formula is C15H16BrClN2. The quantitative estimate of drug-likeness (QED) is 0.730. The Bertz CT molecular complexity index is 600. The van der Waals surface area contributed by atoms with Crippen LogP contribution < -0.4 is 0 Å². The summed E-state index contributed by atoms with van der Waals surface area (Å²) in [5.74, 6) is 0.592. The number of nitrogens with zero attached hydrogens (tertiary/aromatic N) is 2. The highest BCUT2D eigenvalue weighted by molar-refractivity contribution is 9.10. The van der Waals surface area contributed by atoms with Gasteiger partial charge in [0.05, 0.1) is 11.4 Å². The van der Waals surface area contributed by atoms with Gasteiger partial charge in [-0.1, -0.05) is 40.4 Å². The Labute approximate surface area is 126 Å². The van der Waals surface area contributed by atoms with Crippen LogP contribution in [0.5, 0.6) is 0 Å². The van der Waals surface area contributed by atoms with Crippen LogP contribution in [0.25, 0.3) is 5.69 Å². The second kappa shape index (κ2) is 5.29. The molecule has 19 heavy (non-hydrogen) atoms. The molecule has 1 aliphatic rings. The molecule has 100 valence electrons. The molecule has 1 fully saturated rings. The average molecular weight is 340 g/mol. The van der Waals surface area contributed by atoms with Crippen molar-refractivity contribution in [3.63, 3.8) is 0 Å². The highest BCUT2D eigenvalue weighted by atomic mass is 79.9. The molecule has 0 saturated heterocycles. The fourth-order valence-electron chi connectivity index (χ4n) is 2.82. The molecule has 0 N–H and O–H groups in total. The Morgan fingerprint density at radius 1 is 1.26 bits per heavy atom. The van der Waals surface area contributed by atoms with Crippen molar-refractivity contribution in [3.05, 3.63) is 45.1 Å². The third-order valence-electron chi connectivity index (χ3n) is 3.85. The lowest BCUT2D eigenvalue weighted by molar-refractivity contribution is 0.678. The summed E-state index contributed by atoms with van der Waals surface area (Å²) in [6, 6.07) is 8.19. The van der Waals surface area contributed by atoms with Crippen LogP contribution in [-0.2, 0) is 0 Å². The van der Waals surface area contributed by atoms with Crippen molar-refractivity contribution in [2.75, 3.05) is 0 Å². The van der Waals surface area contributed by atoms with Crippen LogP contribution in [0.15, 0.2) is 28.7 Å². The second-order valence-corrected chi connectivity index (χ2v) is 6.52. The van der Waals surface area contributed by atoms with Gasteiger partial charge in [0.1, 0.15) is 5.15 Å². The molecule has 1 aromatic heterocycles. The highest BCUT2D eigenvalue weighted by Gasteiger charge is 2.21. The summed E-state index contributed by atoms with van der Waals surface area (Å²) in [5.41, 5.74) is 3.36. The smallest absolute Gasteiger partial charge is 0.133 e. The van der Waals surface area contributed by atoms with Gasteiger partial charge in [-0.2, -0.15) is 5.10 Å². The first kappa shape index (κ1) is 13.2. The van der Waals surface area contributed by atoms with Crippen molar-refractivity contribution >= 4 is 27.5 Å². The van der Waals surface area contributed by atoms with Crippen molar-refractivity contribution in [2.45, 2.75) is 38.5 Å². The predicted octanol–water partition coefficient (Wildman–Crippen LogP) is 5.25. The van der Waals surface area contributed by atoms with Crippen LogP contribution in [-0.4, -0.2) is 9.78 Å². The SMILES string of the molecule is Cc1cc(Br)ccc1-n1nc(C2CCCC2)cc1Cl. The van der Waals surface area contributed by atoms with E-state index in [0.29, 0.717) is 11.1 Å². The summed E-state index contributed by atoms with van der Waals surface area (Å²) < 4.78 is 2.94. The zero-order chi connectivity index (χ0) is 13.4. The summed E-state index contributed by atoms with van der Waals surface area (Å²) in [6.07, 6.45) is 5.11. The van der Waals surface area contributed by atoms with Crippen LogP contribution in [0.3, 0.4) is 0 Å². The fraction of sp³-hybridized carbons (Fsp3) is 0.400. The van der Waals surface area contributed by atoms with Gasteiger partial charge in [0.15, 0.2) is 0 Å². The van der Waals surface area contributed by atoms with Gasteiger partial charge in [-0.3, -0.25) is 0 Å². The van der Waals surface area contributed by atoms with E-state index >= 15 is 0 Å². The lowest BCUT2D eigenvalue weighted by Crippen LogP contribution is -2.01. The molecule has 0 bridgehead atoms. The molecule has 1 heterocycles. The first-order chi connectivity index (χ1) is 9.15. The van der Waals surface area contributed by atoms with E-state index in [9.17, 15) is 0 Å². The number of aromatic nitrogens is 2. The van der Waals surface area contributed by atoms with Gasteiger partial charge in [0.2, 0.25) is 0 Å². The molecule has 1 aromatic carbocycles. The van der Waals surface area contributed by atoms with E-state index in [1.54, 1.807) is 0 Å². The molecule has 2 nitrogen and oxygen atoms in total.